The molecule has 0 bridgehead atoms. The number of hydrogen-bond acceptors (Lipinski definition) is 4. The number of nitrogens with zero attached hydrogens (tertiary/aromatic N) is 2. The fraction of sp³-hybridized carbons (Fsp3) is 0.357. The van der Waals surface area contributed by atoms with Crippen molar-refractivity contribution in [1.82, 2.24) is 10.2 Å². The Hall–Kier alpha value is -3.39. The highest BCUT2D eigenvalue weighted by Crippen LogP contribution is 2.29. The maximum absolute atomic E-state index is 13.8. The van der Waals surface area contributed by atoms with Crippen molar-refractivity contribution < 1.29 is 18.0 Å². The van der Waals surface area contributed by atoms with Crippen LogP contribution in [0.2, 0.25) is 0 Å². The highest BCUT2D eigenvalue weighted by molar-refractivity contribution is 7.92. The van der Waals surface area contributed by atoms with Gasteiger partial charge in [0.1, 0.15) is 12.6 Å². The van der Waals surface area contributed by atoms with Crippen molar-refractivity contribution >= 4 is 38.3 Å². The summed E-state index contributed by atoms with van der Waals surface area (Å²) in [7, 11) is -3.81. The van der Waals surface area contributed by atoms with E-state index < -0.39 is 34.1 Å². The normalized spacial score (nSPS) is 12.7. The zero-order valence-electron chi connectivity index (χ0n) is 21.6. The average molecular weight is 510 g/mol. The minimum atomic E-state index is -3.81. The van der Waals surface area contributed by atoms with E-state index in [2.05, 4.69) is 5.32 Å². The van der Waals surface area contributed by atoms with Crippen molar-refractivity contribution in [3.8, 4) is 0 Å². The van der Waals surface area contributed by atoms with Crippen LogP contribution < -0.4 is 9.62 Å². The Bertz CT molecular complexity index is 1310. The zero-order valence-corrected chi connectivity index (χ0v) is 22.4. The second kappa shape index (κ2) is 11.1. The summed E-state index contributed by atoms with van der Waals surface area (Å²) in [6, 6.07) is 21.4. The smallest absolute Gasteiger partial charge is 0.244 e. The highest BCUT2D eigenvalue weighted by Gasteiger charge is 2.33. The molecule has 192 valence electrons. The van der Waals surface area contributed by atoms with E-state index in [0.29, 0.717) is 12.1 Å². The Morgan fingerprint density at radius 1 is 0.917 bits per heavy atom. The van der Waals surface area contributed by atoms with Gasteiger partial charge in [-0.1, -0.05) is 73.7 Å². The third kappa shape index (κ3) is 6.85. The molecule has 1 atom stereocenters. The van der Waals surface area contributed by atoms with Gasteiger partial charge in [0, 0.05) is 17.5 Å². The van der Waals surface area contributed by atoms with E-state index in [1.807, 2.05) is 88.4 Å². The Kier molecular flexibility index (Phi) is 8.40. The molecule has 3 rings (SSSR count). The van der Waals surface area contributed by atoms with Crippen molar-refractivity contribution in [2.24, 2.45) is 0 Å². The number of hydrogen-bond donors (Lipinski definition) is 1. The average Bonchev–Trinajstić information content (AvgIpc) is 2.81. The second-order valence-corrected chi connectivity index (χ2v) is 11.8. The van der Waals surface area contributed by atoms with Gasteiger partial charge in [-0.05, 0) is 44.2 Å². The zero-order chi connectivity index (χ0) is 26.5. The first-order valence-corrected chi connectivity index (χ1v) is 13.9. The van der Waals surface area contributed by atoms with Gasteiger partial charge >= 0.3 is 0 Å². The summed E-state index contributed by atoms with van der Waals surface area (Å²) in [6.45, 7) is 7.26. The number of rotatable bonds is 9. The van der Waals surface area contributed by atoms with Crippen molar-refractivity contribution in [2.45, 2.75) is 52.2 Å². The van der Waals surface area contributed by atoms with Crippen LogP contribution in [0.1, 0.15) is 39.7 Å². The number of carbonyl (C=O) groups excluding carboxylic acids is 2. The molecule has 0 saturated carbocycles. The van der Waals surface area contributed by atoms with E-state index in [4.69, 9.17) is 0 Å². The number of fused-ring (bicyclic) bond motifs is 1. The van der Waals surface area contributed by atoms with Gasteiger partial charge in [-0.3, -0.25) is 13.9 Å². The summed E-state index contributed by atoms with van der Waals surface area (Å²) < 4.78 is 27.0. The van der Waals surface area contributed by atoms with Crippen LogP contribution in [0, 0.1) is 0 Å². The maximum Gasteiger partial charge on any atom is 0.244 e. The molecule has 0 spiro atoms. The van der Waals surface area contributed by atoms with E-state index >= 15 is 0 Å². The van der Waals surface area contributed by atoms with Gasteiger partial charge in [-0.15, -0.1) is 0 Å². The summed E-state index contributed by atoms with van der Waals surface area (Å²) in [5.74, 6) is -0.724. The Balaban J connectivity index is 2.02. The molecule has 36 heavy (non-hydrogen) atoms. The van der Waals surface area contributed by atoms with Gasteiger partial charge < -0.3 is 10.2 Å². The first-order valence-electron chi connectivity index (χ1n) is 12.0. The predicted molar refractivity (Wildman–Crippen MR) is 145 cm³/mol. The van der Waals surface area contributed by atoms with Crippen molar-refractivity contribution in [3.05, 3.63) is 78.4 Å². The Morgan fingerprint density at radius 3 is 2.14 bits per heavy atom. The first-order chi connectivity index (χ1) is 16.9. The van der Waals surface area contributed by atoms with Crippen molar-refractivity contribution in [3.63, 3.8) is 0 Å². The van der Waals surface area contributed by atoms with Gasteiger partial charge in [0.2, 0.25) is 21.8 Å². The number of sulfonamides is 1. The van der Waals surface area contributed by atoms with Crippen molar-refractivity contribution in [2.75, 3.05) is 17.1 Å². The monoisotopic (exact) mass is 509 g/mol. The topological polar surface area (TPSA) is 86.8 Å². The van der Waals surface area contributed by atoms with Crippen LogP contribution in [0.3, 0.4) is 0 Å². The lowest BCUT2D eigenvalue weighted by Crippen LogP contribution is -2.55. The molecule has 1 unspecified atom stereocenters. The van der Waals surface area contributed by atoms with Crippen LogP contribution in [0.5, 0.6) is 0 Å². The van der Waals surface area contributed by atoms with Crippen molar-refractivity contribution in [1.29, 1.82) is 0 Å². The first kappa shape index (κ1) is 27.2. The SMILES string of the molecule is CCC(C(=O)NC(C)(C)C)N(Cc1ccccc1)C(=O)CN(c1cccc2ccccc12)S(C)(=O)=O. The van der Waals surface area contributed by atoms with Gasteiger partial charge in [0.25, 0.3) is 0 Å². The molecule has 0 fully saturated rings. The van der Waals surface area contributed by atoms with E-state index in [0.717, 1.165) is 26.9 Å². The van der Waals surface area contributed by atoms with Crippen LogP contribution >= 0.6 is 0 Å². The minimum Gasteiger partial charge on any atom is -0.350 e. The fourth-order valence-electron chi connectivity index (χ4n) is 4.17. The molecule has 0 aliphatic rings. The summed E-state index contributed by atoms with van der Waals surface area (Å²) in [5, 5.41) is 4.56. The number of nitrogens with one attached hydrogen (secondary N) is 1. The number of anilines is 1. The third-order valence-corrected chi connectivity index (χ3v) is 6.92. The van der Waals surface area contributed by atoms with Gasteiger partial charge in [0.15, 0.2) is 0 Å². The molecule has 0 saturated heterocycles. The largest absolute Gasteiger partial charge is 0.350 e. The number of amides is 2. The van der Waals surface area contributed by atoms with Crippen LogP contribution in [0.4, 0.5) is 5.69 Å². The molecular formula is C28H35N3O4S. The fourth-order valence-corrected chi connectivity index (χ4v) is 5.03. The molecule has 7 nitrogen and oxygen atoms in total. The van der Waals surface area contributed by atoms with E-state index in [1.165, 1.54) is 4.90 Å². The lowest BCUT2D eigenvalue weighted by atomic mass is 10.1. The minimum absolute atomic E-state index is 0.183. The van der Waals surface area contributed by atoms with Crippen LogP contribution in [-0.2, 0) is 26.2 Å². The lowest BCUT2D eigenvalue weighted by molar-refractivity contribution is -0.141. The summed E-state index contributed by atoms with van der Waals surface area (Å²) in [4.78, 5) is 28.5. The summed E-state index contributed by atoms with van der Waals surface area (Å²) >= 11 is 0. The standard InChI is InChI=1S/C28H35N3O4S/c1-6-24(27(33)29-28(2,3)4)30(19-21-13-8-7-9-14-21)26(32)20-31(36(5,34)35)25-18-12-16-22-15-10-11-17-23(22)25/h7-18,24H,6,19-20H2,1-5H3,(H,29,33). The van der Waals surface area contributed by atoms with Gasteiger partial charge in [0.05, 0.1) is 11.9 Å². The van der Waals surface area contributed by atoms with Crippen LogP contribution in [0.25, 0.3) is 10.8 Å². The summed E-state index contributed by atoms with van der Waals surface area (Å²) in [6.07, 6.45) is 1.47. The number of carbonyl (C=O) groups is 2. The molecule has 3 aromatic carbocycles. The van der Waals surface area contributed by atoms with E-state index in [9.17, 15) is 18.0 Å². The maximum atomic E-state index is 13.8. The van der Waals surface area contributed by atoms with Gasteiger partial charge in [-0.25, -0.2) is 8.42 Å². The number of benzene rings is 3. The van der Waals surface area contributed by atoms with E-state index in [-0.39, 0.29) is 12.5 Å². The van der Waals surface area contributed by atoms with Crippen LogP contribution in [-0.4, -0.2) is 49.5 Å². The van der Waals surface area contributed by atoms with E-state index in [1.54, 1.807) is 12.1 Å². The lowest BCUT2D eigenvalue weighted by Gasteiger charge is -2.34. The molecule has 1 N–H and O–H groups in total. The molecule has 0 aromatic heterocycles. The highest BCUT2D eigenvalue weighted by atomic mass is 32.2. The quantitative estimate of drug-likeness (QED) is 0.465. The molecule has 0 radical (unpaired) electrons. The molecular weight excluding hydrogens is 474 g/mol. The Morgan fingerprint density at radius 2 is 1.53 bits per heavy atom. The third-order valence-electron chi connectivity index (χ3n) is 5.79. The molecule has 0 aliphatic carbocycles. The molecule has 3 aromatic rings. The Labute approximate surface area is 214 Å². The molecule has 8 heteroatoms. The summed E-state index contributed by atoms with van der Waals surface area (Å²) in [5.41, 5.74) is 0.799. The second-order valence-electron chi connectivity index (χ2n) is 9.94. The predicted octanol–water partition coefficient (Wildman–Crippen LogP) is 4.33. The molecule has 0 heterocycles. The molecule has 2 amide bonds. The van der Waals surface area contributed by atoms with Crippen LogP contribution in [0.15, 0.2) is 72.8 Å². The molecule has 0 aliphatic heterocycles. The van der Waals surface area contributed by atoms with Gasteiger partial charge in [-0.2, -0.15) is 0 Å².